The van der Waals surface area contributed by atoms with Crippen LogP contribution in [0.25, 0.3) is 0 Å². The van der Waals surface area contributed by atoms with Gasteiger partial charge >= 0.3 is 5.97 Å². The minimum absolute atomic E-state index is 0.209. The van der Waals surface area contributed by atoms with Crippen LogP contribution in [0, 0.1) is 11.8 Å². The van der Waals surface area contributed by atoms with E-state index in [9.17, 15) is 9.59 Å². The van der Waals surface area contributed by atoms with Crippen LogP contribution in [0.5, 0.6) is 5.75 Å². The lowest BCUT2D eigenvalue weighted by Gasteiger charge is -2.07. The van der Waals surface area contributed by atoms with E-state index >= 15 is 0 Å². The standard InChI is InChI=1S/C14H15NO5/c1-19-12-6-5-11(8-10(12)4-3-7-16)14(18)15-9-13(17)20-2/h5-6,8,16H,7,9H2,1-2H3,(H,15,18). The number of aliphatic hydroxyl groups excluding tert-OH is 1. The van der Waals surface area contributed by atoms with Crippen molar-refractivity contribution in [3.05, 3.63) is 29.3 Å². The van der Waals surface area contributed by atoms with Crippen LogP contribution in [0.2, 0.25) is 0 Å². The van der Waals surface area contributed by atoms with Gasteiger partial charge in [-0.25, -0.2) is 0 Å². The molecule has 0 aliphatic rings. The highest BCUT2D eigenvalue weighted by molar-refractivity contribution is 5.96. The summed E-state index contributed by atoms with van der Waals surface area (Å²) in [6.45, 7) is -0.499. The quantitative estimate of drug-likeness (QED) is 0.595. The van der Waals surface area contributed by atoms with Crippen LogP contribution in [0.1, 0.15) is 15.9 Å². The Morgan fingerprint density at radius 3 is 2.70 bits per heavy atom. The zero-order valence-corrected chi connectivity index (χ0v) is 11.2. The van der Waals surface area contributed by atoms with Gasteiger partial charge in [-0.3, -0.25) is 9.59 Å². The van der Waals surface area contributed by atoms with Crippen LogP contribution in [0.15, 0.2) is 18.2 Å². The predicted octanol–water partition coefficient (Wildman–Crippen LogP) is -0.0582. The Morgan fingerprint density at radius 2 is 2.10 bits per heavy atom. The smallest absolute Gasteiger partial charge is 0.325 e. The molecule has 0 aromatic heterocycles. The second kappa shape index (κ2) is 7.81. The zero-order chi connectivity index (χ0) is 15.0. The maximum atomic E-state index is 11.8. The molecule has 0 heterocycles. The first-order valence-electron chi connectivity index (χ1n) is 5.75. The molecule has 0 bridgehead atoms. The van der Waals surface area contributed by atoms with E-state index in [2.05, 4.69) is 21.9 Å². The van der Waals surface area contributed by atoms with Gasteiger partial charge in [0, 0.05) is 5.56 Å². The normalized spacial score (nSPS) is 9.15. The van der Waals surface area contributed by atoms with E-state index in [1.54, 1.807) is 12.1 Å². The van der Waals surface area contributed by atoms with E-state index in [4.69, 9.17) is 9.84 Å². The molecule has 20 heavy (non-hydrogen) atoms. The molecule has 0 unspecified atom stereocenters. The number of ether oxygens (including phenoxy) is 2. The number of methoxy groups -OCH3 is 2. The van der Waals surface area contributed by atoms with Crippen molar-refractivity contribution in [2.45, 2.75) is 0 Å². The van der Waals surface area contributed by atoms with E-state index in [0.29, 0.717) is 16.9 Å². The molecule has 0 atom stereocenters. The summed E-state index contributed by atoms with van der Waals surface area (Å²) in [7, 11) is 2.72. The third-order valence-electron chi connectivity index (χ3n) is 2.38. The Bertz CT molecular complexity index is 556. The molecule has 0 aliphatic carbocycles. The Labute approximate surface area is 116 Å². The summed E-state index contributed by atoms with van der Waals surface area (Å²) in [4.78, 5) is 22.8. The Morgan fingerprint density at radius 1 is 1.35 bits per heavy atom. The number of nitrogens with one attached hydrogen (secondary N) is 1. The number of benzene rings is 1. The molecule has 1 aromatic carbocycles. The van der Waals surface area contributed by atoms with Gasteiger partial charge in [0.2, 0.25) is 0 Å². The third kappa shape index (κ3) is 4.30. The molecule has 106 valence electrons. The zero-order valence-electron chi connectivity index (χ0n) is 11.2. The van der Waals surface area contributed by atoms with E-state index in [1.807, 2.05) is 0 Å². The van der Waals surface area contributed by atoms with Gasteiger partial charge in [0.15, 0.2) is 0 Å². The third-order valence-corrected chi connectivity index (χ3v) is 2.38. The van der Waals surface area contributed by atoms with Gasteiger partial charge in [-0.05, 0) is 18.2 Å². The van der Waals surface area contributed by atoms with Crippen LogP contribution < -0.4 is 10.1 Å². The summed E-state index contributed by atoms with van der Waals surface area (Å²) in [5, 5.41) is 11.1. The molecule has 1 rings (SSSR count). The predicted molar refractivity (Wildman–Crippen MR) is 71.3 cm³/mol. The molecule has 0 saturated heterocycles. The summed E-state index contributed by atoms with van der Waals surface area (Å²) in [5.74, 6) is 4.71. The topological polar surface area (TPSA) is 84.9 Å². The van der Waals surface area contributed by atoms with Gasteiger partial charge < -0.3 is 19.9 Å². The molecule has 2 N–H and O–H groups in total. The van der Waals surface area contributed by atoms with Gasteiger partial charge in [0.25, 0.3) is 5.91 Å². The maximum absolute atomic E-state index is 11.8. The average molecular weight is 277 g/mol. The lowest BCUT2D eigenvalue weighted by molar-refractivity contribution is -0.139. The Hall–Kier alpha value is -2.52. The fraction of sp³-hybridized carbons (Fsp3) is 0.286. The highest BCUT2D eigenvalue weighted by atomic mass is 16.5. The maximum Gasteiger partial charge on any atom is 0.325 e. The van der Waals surface area contributed by atoms with Crippen LogP contribution in [0.3, 0.4) is 0 Å². The monoisotopic (exact) mass is 277 g/mol. The number of carbonyl (C=O) groups is 2. The first kappa shape index (κ1) is 15.5. The molecule has 0 saturated carbocycles. The Kier molecular flexibility index (Phi) is 6.07. The summed E-state index contributed by atoms with van der Waals surface area (Å²) in [6, 6.07) is 4.66. The SMILES string of the molecule is COC(=O)CNC(=O)c1ccc(OC)c(C#CCO)c1. The van der Waals surface area contributed by atoms with Gasteiger partial charge in [-0.1, -0.05) is 11.8 Å². The molecule has 6 heteroatoms. The highest BCUT2D eigenvalue weighted by Crippen LogP contribution is 2.18. The first-order valence-corrected chi connectivity index (χ1v) is 5.75. The molecule has 0 radical (unpaired) electrons. The van der Waals surface area contributed by atoms with Gasteiger partial charge in [-0.15, -0.1) is 0 Å². The number of hydrogen-bond donors (Lipinski definition) is 2. The van der Waals surface area contributed by atoms with Crippen LogP contribution >= 0.6 is 0 Å². The summed E-state index contributed by atoms with van der Waals surface area (Å²) < 4.78 is 9.53. The molecule has 1 amide bonds. The van der Waals surface area contributed by atoms with Gasteiger partial charge in [-0.2, -0.15) is 0 Å². The molecule has 0 spiro atoms. The summed E-state index contributed by atoms with van der Waals surface area (Å²) >= 11 is 0. The van der Waals surface area contributed by atoms with Crippen molar-refractivity contribution >= 4 is 11.9 Å². The lowest BCUT2D eigenvalue weighted by atomic mass is 10.1. The van der Waals surface area contributed by atoms with Crippen molar-refractivity contribution < 1.29 is 24.2 Å². The van der Waals surface area contributed by atoms with E-state index in [0.717, 1.165) is 0 Å². The largest absolute Gasteiger partial charge is 0.495 e. The summed E-state index contributed by atoms with van der Waals surface area (Å²) in [6.07, 6.45) is 0. The number of carbonyl (C=O) groups excluding carboxylic acids is 2. The minimum atomic E-state index is -0.535. The van der Waals surface area contributed by atoms with Crippen molar-refractivity contribution in [2.75, 3.05) is 27.4 Å². The van der Waals surface area contributed by atoms with Crippen LogP contribution in [-0.2, 0) is 9.53 Å². The van der Waals surface area contributed by atoms with Crippen molar-refractivity contribution in [2.24, 2.45) is 0 Å². The van der Waals surface area contributed by atoms with E-state index < -0.39 is 11.9 Å². The van der Waals surface area contributed by atoms with E-state index in [1.165, 1.54) is 20.3 Å². The number of amides is 1. The van der Waals surface area contributed by atoms with Gasteiger partial charge in [0.1, 0.15) is 18.9 Å². The number of aliphatic hydroxyl groups is 1. The fourth-order valence-electron chi connectivity index (χ4n) is 1.41. The number of esters is 1. The summed E-state index contributed by atoms with van der Waals surface area (Å²) in [5.41, 5.74) is 0.809. The van der Waals surface area contributed by atoms with Gasteiger partial charge in [0.05, 0.1) is 19.8 Å². The molecule has 0 aliphatic heterocycles. The number of hydrogen-bond acceptors (Lipinski definition) is 5. The average Bonchev–Trinajstić information content (AvgIpc) is 2.49. The first-order chi connectivity index (χ1) is 9.62. The van der Waals surface area contributed by atoms with Crippen molar-refractivity contribution in [1.82, 2.24) is 5.32 Å². The molecule has 6 nitrogen and oxygen atoms in total. The molecule has 1 aromatic rings. The second-order valence-electron chi connectivity index (χ2n) is 3.63. The van der Waals surface area contributed by atoms with Crippen LogP contribution in [-0.4, -0.2) is 44.4 Å². The van der Waals surface area contributed by atoms with Crippen molar-refractivity contribution in [1.29, 1.82) is 0 Å². The van der Waals surface area contributed by atoms with E-state index in [-0.39, 0.29) is 13.2 Å². The van der Waals surface area contributed by atoms with Crippen molar-refractivity contribution in [3.8, 4) is 17.6 Å². The second-order valence-corrected chi connectivity index (χ2v) is 3.63. The number of rotatable bonds is 4. The highest BCUT2D eigenvalue weighted by Gasteiger charge is 2.10. The molecule has 0 fully saturated rings. The minimum Gasteiger partial charge on any atom is -0.495 e. The van der Waals surface area contributed by atoms with Crippen LogP contribution in [0.4, 0.5) is 0 Å². The Balaban J connectivity index is 2.90. The molecular weight excluding hydrogens is 262 g/mol. The van der Waals surface area contributed by atoms with Crippen molar-refractivity contribution in [3.63, 3.8) is 0 Å². The molecular formula is C14H15NO5. The lowest BCUT2D eigenvalue weighted by Crippen LogP contribution is -2.30. The fourth-order valence-corrected chi connectivity index (χ4v) is 1.41.